The van der Waals surface area contributed by atoms with Gasteiger partial charge >= 0.3 is 0 Å². The number of halogens is 2. The van der Waals surface area contributed by atoms with Crippen LogP contribution in [0.5, 0.6) is 0 Å². The Balaban J connectivity index is 2.02. The molecule has 0 atom stereocenters. The van der Waals surface area contributed by atoms with Crippen LogP contribution < -0.4 is 11.1 Å². The SMILES string of the molecule is NC(=S)c1ccc(CNC(=O)c2cc(F)cc(F)c2)cc1. The normalized spacial score (nSPS) is 10.2. The smallest absolute Gasteiger partial charge is 0.251 e. The van der Waals surface area contributed by atoms with Gasteiger partial charge in [-0.25, -0.2) is 8.78 Å². The molecule has 0 spiro atoms. The van der Waals surface area contributed by atoms with Crippen LogP contribution in [-0.2, 0) is 6.54 Å². The summed E-state index contributed by atoms with van der Waals surface area (Å²) in [5, 5.41) is 2.58. The molecule has 3 N–H and O–H groups in total. The summed E-state index contributed by atoms with van der Waals surface area (Å²) in [4.78, 5) is 12.1. The van der Waals surface area contributed by atoms with E-state index >= 15 is 0 Å². The Hall–Kier alpha value is -2.34. The lowest BCUT2D eigenvalue weighted by Crippen LogP contribution is -2.23. The Bertz CT molecular complexity index is 666. The number of nitrogens with two attached hydrogens (primary N) is 1. The predicted octanol–water partition coefficient (Wildman–Crippen LogP) is 2.53. The van der Waals surface area contributed by atoms with Crippen molar-refractivity contribution >= 4 is 23.1 Å². The first kappa shape index (κ1) is 15.1. The molecule has 0 bridgehead atoms. The highest BCUT2D eigenvalue weighted by Gasteiger charge is 2.09. The van der Waals surface area contributed by atoms with E-state index in [0.29, 0.717) is 11.1 Å². The van der Waals surface area contributed by atoms with Gasteiger partial charge in [0.2, 0.25) is 0 Å². The molecule has 2 rings (SSSR count). The lowest BCUT2D eigenvalue weighted by Gasteiger charge is -2.07. The predicted molar refractivity (Wildman–Crippen MR) is 79.9 cm³/mol. The van der Waals surface area contributed by atoms with Crippen LogP contribution in [-0.4, -0.2) is 10.9 Å². The number of rotatable bonds is 4. The summed E-state index contributed by atoms with van der Waals surface area (Å²) in [6.45, 7) is 0.231. The largest absolute Gasteiger partial charge is 0.389 e. The fourth-order valence-electron chi connectivity index (χ4n) is 1.76. The summed E-state index contributed by atoms with van der Waals surface area (Å²) in [6, 6.07) is 9.69. The Labute approximate surface area is 125 Å². The van der Waals surface area contributed by atoms with E-state index in [-0.39, 0.29) is 12.1 Å². The van der Waals surface area contributed by atoms with Crippen LogP contribution in [0.3, 0.4) is 0 Å². The topological polar surface area (TPSA) is 55.1 Å². The highest BCUT2D eigenvalue weighted by molar-refractivity contribution is 7.80. The van der Waals surface area contributed by atoms with Crippen molar-refractivity contribution in [3.8, 4) is 0 Å². The van der Waals surface area contributed by atoms with E-state index in [4.69, 9.17) is 18.0 Å². The molecule has 1 amide bonds. The van der Waals surface area contributed by atoms with Crippen molar-refractivity contribution in [3.63, 3.8) is 0 Å². The van der Waals surface area contributed by atoms with E-state index in [2.05, 4.69) is 5.32 Å². The standard InChI is InChI=1S/C15H12F2N2OS/c16-12-5-11(6-13(17)7-12)15(20)19-8-9-1-3-10(4-2-9)14(18)21/h1-7H,8H2,(H2,18,21)(H,19,20). The van der Waals surface area contributed by atoms with Gasteiger partial charge < -0.3 is 11.1 Å². The molecule has 0 fully saturated rings. The highest BCUT2D eigenvalue weighted by Crippen LogP contribution is 2.09. The van der Waals surface area contributed by atoms with Crippen molar-refractivity contribution in [2.75, 3.05) is 0 Å². The first-order chi connectivity index (χ1) is 9.95. The highest BCUT2D eigenvalue weighted by atomic mass is 32.1. The molecule has 0 aliphatic heterocycles. The lowest BCUT2D eigenvalue weighted by atomic mass is 10.1. The second-order valence-electron chi connectivity index (χ2n) is 4.40. The van der Waals surface area contributed by atoms with Gasteiger partial charge in [-0.05, 0) is 17.7 Å². The molecule has 21 heavy (non-hydrogen) atoms. The van der Waals surface area contributed by atoms with Gasteiger partial charge in [-0.3, -0.25) is 4.79 Å². The summed E-state index contributed by atoms with van der Waals surface area (Å²) < 4.78 is 26.1. The van der Waals surface area contributed by atoms with Crippen molar-refractivity contribution in [1.82, 2.24) is 5.32 Å². The molecule has 0 saturated carbocycles. The minimum Gasteiger partial charge on any atom is -0.389 e. The fourth-order valence-corrected chi connectivity index (χ4v) is 1.89. The Morgan fingerprint density at radius 3 is 2.14 bits per heavy atom. The monoisotopic (exact) mass is 306 g/mol. The van der Waals surface area contributed by atoms with Crippen LogP contribution in [0.15, 0.2) is 42.5 Å². The first-order valence-electron chi connectivity index (χ1n) is 6.09. The first-order valence-corrected chi connectivity index (χ1v) is 6.49. The van der Waals surface area contributed by atoms with E-state index in [1.165, 1.54) is 0 Å². The Kier molecular flexibility index (Phi) is 4.59. The van der Waals surface area contributed by atoms with Gasteiger partial charge in [0.05, 0.1) is 0 Å². The molecule has 0 aliphatic carbocycles. The molecular weight excluding hydrogens is 294 g/mol. The van der Waals surface area contributed by atoms with E-state index in [9.17, 15) is 13.6 Å². The van der Waals surface area contributed by atoms with E-state index in [0.717, 1.165) is 23.3 Å². The molecule has 0 aliphatic rings. The average molecular weight is 306 g/mol. The number of hydrogen-bond acceptors (Lipinski definition) is 2. The molecule has 0 aromatic heterocycles. The summed E-state index contributed by atoms with van der Waals surface area (Å²) in [5.41, 5.74) is 6.97. The van der Waals surface area contributed by atoms with Gasteiger partial charge in [-0.1, -0.05) is 36.5 Å². The number of hydrogen-bond donors (Lipinski definition) is 2. The second-order valence-corrected chi connectivity index (χ2v) is 4.84. The molecule has 108 valence electrons. The maximum atomic E-state index is 13.0. The van der Waals surface area contributed by atoms with Crippen LogP contribution in [0.4, 0.5) is 8.78 Å². The van der Waals surface area contributed by atoms with Gasteiger partial charge in [-0.15, -0.1) is 0 Å². The zero-order chi connectivity index (χ0) is 15.4. The molecular formula is C15H12F2N2OS. The number of benzene rings is 2. The summed E-state index contributed by atoms with van der Waals surface area (Å²) in [7, 11) is 0. The molecule has 6 heteroatoms. The third-order valence-electron chi connectivity index (χ3n) is 2.82. The molecule has 0 unspecified atom stereocenters. The second kappa shape index (κ2) is 6.41. The van der Waals surface area contributed by atoms with Gasteiger partial charge in [0.15, 0.2) is 0 Å². The lowest BCUT2D eigenvalue weighted by molar-refractivity contribution is 0.0950. The number of thiocarbonyl (C=S) groups is 1. The Morgan fingerprint density at radius 1 is 1.05 bits per heavy atom. The van der Waals surface area contributed by atoms with Gasteiger partial charge in [0.25, 0.3) is 5.91 Å². The maximum Gasteiger partial charge on any atom is 0.251 e. The number of nitrogens with one attached hydrogen (secondary N) is 1. The van der Waals surface area contributed by atoms with Crippen molar-refractivity contribution in [1.29, 1.82) is 0 Å². The van der Waals surface area contributed by atoms with Crippen LogP contribution in [0.25, 0.3) is 0 Å². The van der Waals surface area contributed by atoms with Crippen molar-refractivity contribution in [3.05, 3.63) is 70.8 Å². The third kappa shape index (κ3) is 4.06. The fraction of sp³-hybridized carbons (Fsp3) is 0.0667. The van der Waals surface area contributed by atoms with Crippen molar-refractivity contribution < 1.29 is 13.6 Å². The summed E-state index contributed by atoms with van der Waals surface area (Å²) in [5.74, 6) is -2.13. The number of carbonyl (C=O) groups is 1. The van der Waals surface area contributed by atoms with Crippen molar-refractivity contribution in [2.45, 2.75) is 6.54 Å². The summed E-state index contributed by atoms with van der Waals surface area (Å²) >= 11 is 4.84. The molecule has 2 aromatic carbocycles. The van der Waals surface area contributed by atoms with E-state index in [1.807, 2.05) is 0 Å². The maximum absolute atomic E-state index is 13.0. The molecule has 3 nitrogen and oxygen atoms in total. The minimum absolute atomic E-state index is 0.0627. The van der Waals surface area contributed by atoms with E-state index in [1.54, 1.807) is 24.3 Å². The molecule has 0 heterocycles. The van der Waals surface area contributed by atoms with Crippen LogP contribution in [0.2, 0.25) is 0 Å². The van der Waals surface area contributed by atoms with Crippen LogP contribution >= 0.6 is 12.2 Å². The molecule has 0 radical (unpaired) electrons. The van der Waals surface area contributed by atoms with Crippen molar-refractivity contribution in [2.24, 2.45) is 5.73 Å². The summed E-state index contributed by atoms with van der Waals surface area (Å²) in [6.07, 6.45) is 0. The average Bonchev–Trinajstić information content (AvgIpc) is 2.44. The third-order valence-corrected chi connectivity index (χ3v) is 3.05. The zero-order valence-electron chi connectivity index (χ0n) is 10.9. The van der Waals surface area contributed by atoms with Crippen LogP contribution in [0, 0.1) is 11.6 Å². The minimum atomic E-state index is -0.791. The Morgan fingerprint density at radius 2 is 1.62 bits per heavy atom. The van der Waals surface area contributed by atoms with Gasteiger partial charge in [-0.2, -0.15) is 0 Å². The molecule has 2 aromatic rings. The van der Waals surface area contributed by atoms with Crippen LogP contribution in [0.1, 0.15) is 21.5 Å². The molecule has 0 saturated heterocycles. The number of carbonyl (C=O) groups excluding carboxylic acids is 1. The van der Waals surface area contributed by atoms with E-state index < -0.39 is 17.5 Å². The quantitative estimate of drug-likeness (QED) is 0.854. The van der Waals surface area contributed by atoms with Gasteiger partial charge in [0.1, 0.15) is 16.6 Å². The van der Waals surface area contributed by atoms with Gasteiger partial charge in [0, 0.05) is 23.7 Å². The number of amides is 1. The zero-order valence-corrected chi connectivity index (χ0v) is 11.7.